The number of nitrogens with zero attached hydrogens (tertiary/aromatic N) is 2. The van der Waals surface area contributed by atoms with Crippen LogP contribution in [0.5, 0.6) is 0 Å². The van der Waals surface area contributed by atoms with Crippen molar-refractivity contribution in [3.8, 4) is 0 Å². The fourth-order valence-corrected chi connectivity index (χ4v) is 2.95. The summed E-state index contributed by atoms with van der Waals surface area (Å²) in [6.07, 6.45) is 4.30. The monoisotopic (exact) mass is 316 g/mol. The van der Waals surface area contributed by atoms with Crippen LogP contribution in [0, 0.1) is 6.92 Å². The predicted molar refractivity (Wildman–Crippen MR) is 88.3 cm³/mol. The third-order valence-electron chi connectivity index (χ3n) is 4.22. The quantitative estimate of drug-likeness (QED) is 0.897. The van der Waals surface area contributed by atoms with Gasteiger partial charge in [0.15, 0.2) is 0 Å². The molecule has 0 radical (unpaired) electrons. The molecule has 6 nitrogen and oxygen atoms in total. The molecule has 1 saturated heterocycles. The number of rotatable bonds is 3. The highest BCUT2D eigenvalue weighted by Gasteiger charge is 2.31. The van der Waals surface area contributed by atoms with Gasteiger partial charge in [0.25, 0.3) is 5.91 Å². The number of aryl methyl sites for hydroxylation is 1. The smallest absolute Gasteiger partial charge is 0.251 e. The van der Waals surface area contributed by atoms with Crippen molar-refractivity contribution in [1.29, 1.82) is 0 Å². The van der Waals surface area contributed by atoms with Crippen LogP contribution in [0.2, 0.25) is 0 Å². The summed E-state index contributed by atoms with van der Waals surface area (Å²) in [6.45, 7) is 8.02. The van der Waals surface area contributed by atoms with E-state index in [2.05, 4.69) is 28.6 Å². The van der Waals surface area contributed by atoms with Crippen LogP contribution in [0.4, 0.5) is 0 Å². The van der Waals surface area contributed by atoms with Gasteiger partial charge >= 0.3 is 0 Å². The van der Waals surface area contributed by atoms with E-state index in [1.807, 2.05) is 36.7 Å². The molecule has 1 atom stereocenters. The van der Waals surface area contributed by atoms with Crippen molar-refractivity contribution in [2.45, 2.75) is 38.8 Å². The van der Waals surface area contributed by atoms with Crippen molar-refractivity contribution in [1.82, 2.24) is 20.0 Å². The van der Waals surface area contributed by atoms with Crippen molar-refractivity contribution >= 4 is 11.4 Å². The summed E-state index contributed by atoms with van der Waals surface area (Å²) in [4.78, 5) is 17.1. The van der Waals surface area contributed by atoms with Crippen molar-refractivity contribution in [2.24, 2.45) is 0 Å². The lowest BCUT2D eigenvalue weighted by molar-refractivity contribution is -0.133. The number of carbonyl (C=O) groups is 1. The number of fused-ring (bicyclic) bond motifs is 1. The SMILES string of the molecule is Cc1cccn2c(C(C)(C)NC(=O)C3CNCCCO3)ncc12. The minimum atomic E-state index is -0.590. The van der Waals surface area contributed by atoms with Crippen LogP contribution >= 0.6 is 0 Å². The number of aromatic nitrogens is 2. The molecule has 0 spiro atoms. The van der Waals surface area contributed by atoms with E-state index in [4.69, 9.17) is 4.74 Å². The third kappa shape index (κ3) is 3.23. The van der Waals surface area contributed by atoms with Gasteiger partial charge in [-0.3, -0.25) is 4.79 Å². The first kappa shape index (κ1) is 16.0. The lowest BCUT2D eigenvalue weighted by atomic mass is 10.0. The van der Waals surface area contributed by atoms with Crippen molar-refractivity contribution in [3.63, 3.8) is 0 Å². The second kappa shape index (κ2) is 6.29. The molecular weight excluding hydrogens is 292 g/mol. The Bertz CT molecular complexity index is 700. The molecule has 0 bridgehead atoms. The molecule has 2 aromatic rings. The largest absolute Gasteiger partial charge is 0.367 e. The van der Waals surface area contributed by atoms with E-state index in [1.165, 1.54) is 0 Å². The van der Waals surface area contributed by atoms with E-state index in [9.17, 15) is 4.79 Å². The van der Waals surface area contributed by atoms with E-state index in [0.717, 1.165) is 29.9 Å². The molecule has 1 unspecified atom stereocenters. The molecular formula is C17H24N4O2. The van der Waals surface area contributed by atoms with Crippen LogP contribution < -0.4 is 10.6 Å². The number of hydrogen-bond donors (Lipinski definition) is 2. The van der Waals surface area contributed by atoms with Crippen molar-refractivity contribution < 1.29 is 9.53 Å². The van der Waals surface area contributed by atoms with E-state index < -0.39 is 11.6 Å². The van der Waals surface area contributed by atoms with Crippen LogP contribution in [0.3, 0.4) is 0 Å². The highest BCUT2D eigenvalue weighted by Crippen LogP contribution is 2.22. The molecule has 23 heavy (non-hydrogen) atoms. The first-order valence-electron chi connectivity index (χ1n) is 8.06. The minimum absolute atomic E-state index is 0.103. The standard InChI is InChI=1S/C17H24N4O2/c1-12-6-4-8-21-13(12)10-19-16(21)17(2,3)20-15(22)14-11-18-7-5-9-23-14/h4,6,8,10,14,18H,5,7,9,11H2,1-3H3,(H,20,22). The molecule has 6 heteroatoms. The van der Waals surface area contributed by atoms with Crippen molar-refractivity contribution in [2.75, 3.05) is 19.7 Å². The fourth-order valence-electron chi connectivity index (χ4n) is 2.95. The van der Waals surface area contributed by atoms with Crippen LogP contribution in [0.25, 0.3) is 5.52 Å². The molecule has 1 fully saturated rings. The topological polar surface area (TPSA) is 67.7 Å². The zero-order valence-electron chi connectivity index (χ0n) is 13.9. The van der Waals surface area contributed by atoms with E-state index >= 15 is 0 Å². The Hall–Kier alpha value is -1.92. The van der Waals surface area contributed by atoms with Gasteiger partial charge in [-0.05, 0) is 45.4 Å². The summed E-state index contributed by atoms with van der Waals surface area (Å²) in [5.74, 6) is 0.708. The normalized spacial score (nSPS) is 19.5. The zero-order valence-corrected chi connectivity index (χ0v) is 13.9. The van der Waals surface area contributed by atoms with Crippen LogP contribution in [-0.2, 0) is 15.1 Å². The Morgan fingerprint density at radius 1 is 1.52 bits per heavy atom. The Morgan fingerprint density at radius 3 is 3.17 bits per heavy atom. The number of amides is 1. The summed E-state index contributed by atoms with van der Waals surface area (Å²) in [7, 11) is 0. The average molecular weight is 316 g/mol. The number of ether oxygens (including phenoxy) is 1. The number of hydrogen-bond acceptors (Lipinski definition) is 4. The number of pyridine rings is 1. The van der Waals surface area contributed by atoms with Crippen LogP contribution in [-0.4, -0.2) is 41.1 Å². The maximum absolute atomic E-state index is 12.6. The van der Waals surface area contributed by atoms with Crippen LogP contribution in [0.1, 0.15) is 31.7 Å². The second-order valence-electron chi connectivity index (χ2n) is 6.56. The molecule has 1 aliphatic heterocycles. The van der Waals surface area contributed by atoms with E-state index in [-0.39, 0.29) is 5.91 Å². The molecule has 0 aromatic carbocycles. The van der Waals surface area contributed by atoms with Gasteiger partial charge in [-0.2, -0.15) is 0 Å². The average Bonchev–Trinajstić information content (AvgIpc) is 2.77. The maximum atomic E-state index is 12.6. The molecule has 124 valence electrons. The lowest BCUT2D eigenvalue weighted by Gasteiger charge is -2.27. The van der Waals surface area contributed by atoms with E-state index in [1.54, 1.807) is 0 Å². The predicted octanol–water partition coefficient (Wildman–Crippen LogP) is 1.37. The number of nitrogens with one attached hydrogen (secondary N) is 2. The maximum Gasteiger partial charge on any atom is 0.251 e. The van der Waals surface area contributed by atoms with Gasteiger partial charge in [0.2, 0.25) is 0 Å². The molecule has 1 amide bonds. The molecule has 3 rings (SSSR count). The van der Waals surface area contributed by atoms with Gasteiger partial charge in [0, 0.05) is 19.3 Å². The van der Waals surface area contributed by atoms with Crippen LogP contribution in [0.15, 0.2) is 24.5 Å². The molecule has 1 aliphatic rings. The Kier molecular flexibility index (Phi) is 4.37. The first-order chi connectivity index (χ1) is 11.0. The minimum Gasteiger partial charge on any atom is -0.367 e. The molecule has 0 saturated carbocycles. The summed E-state index contributed by atoms with van der Waals surface area (Å²) in [5, 5.41) is 6.31. The fraction of sp³-hybridized carbons (Fsp3) is 0.529. The Morgan fingerprint density at radius 2 is 2.35 bits per heavy atom. The number of carbonyl (C=O) groups excluding carboxylic acids is 1. The van der Waals surface area contributed by atoms with Gasteiger partial charge in [-0.1, -0.05) is 6.07 Å². The highest BCUT2D eigenvalue weighted by molar-refractivity contribution is 5.82. The van der Waals surface area contributed by atoms with Gasteiger partial charge in [0.1, 0.15) is 11.9 Å². The van der Waals surface area contributed by atoms with E-state index in [0.29, 0.717) is 13.2 Å². The van der Waals surface area contributed by atoms with Gasteiger partial charge in [0.05, 0.1) is 17.3 Å². The Labute approximate surface area is 136 Å². The third-order valence-corrected chi connectivity index (χ3v) is 4.22. The number of imidazole rings is 1. The second-order valence-corrected chi connectivity index (χ2v) is 6.56. The summed E-state index contributed by atoms with van der Waals surface area (Å²) < 4.78 is 7.66. The van der Waals surface area contributed by atoms with Gasteiger partial charge < -0.3 is 19.8 Å². The molecule has 2 N–H and O–H groups in total. The summed E-state index contributed by atoms with van der Waals surface area (Å²) in [5.41, 5.74) is 1.62. The zero-order chi connectivity index (χ0) is 16.4. The Balaban J connectivity index is 1.82. The molecule has 3 heterocycles. The lowest BCUT2D eigenvalue weighted by Crippen LogP contribution is -2.49. The van der Waals surface area contributed by atoms with Gasteiger partial charge in [-0.25, -0.2) is 4.98 Å². The van der Waals surface area contributed by atoms with Crippen molar-refractivity contribution in [3.05, 3.63) is 35.9 Å². The molecule has 0 aliphatic carbocycles. The molecule has 2 aromatic heterocycles. The first-order valence-corrected chi connectivity index (χ1v) is 8.06. The summed E-state index contributed by atoms with van der Waals surface area (Å²) in [6, 6.07) is 4.04. The summed E-state index contributed by atoms with van der Waals surface area (Å²) >= 11 is 0. The van der Waals surface area contributed by atoms with Gasteiger partial charge in [-0.15, -0.1) is 0 Å². The highest BCUT2D eigenvalue weighted by atomic mass is 16.5.